The molecule has 2 aromatic rings. The number of aromatic hydroxyl groups is 1. The van der Waals surface area contributed by atoms with E-state index in [2.05, 4.69) is 27.1 Å². The van der Waals surface area contributed by atoms with Crippen LogP contribution in [0.5, 0.6) is 5.75 Å². The largest absolute Gasteiger partial charge is 0.506 e. The van der Waals surface area contributed by atoms with Gasteiger partial charge in [0, 0.05) is 0 Å². The van der Waals surface area contributed by atoms with E-state index < -0.39 is 0 Å². The molecule has 1 aromatic heterocycles. The molecule has 12 heavy (non-hydrogen) atoms. The van der Waals surface area contributed by atoms with Gasteiger partial charge in [-0.2, -0.15) is 15.4 Å². The minimum atomic E-state index is 0.159. The van der Waals surface area contributed by atoms with E-state index in [-0.39, 0.29) is 5.75 Å². The van der Waals surface area contributed by atoms with E-state index in [0.717, 1.165) is 0 Å². The Hall–Kier alpha value is -1.66. The van der Waals surface area contributed by atoms with Gasteiger partial charge in [-0.05, 0) is 12.1 Å². The third-order valence-electron chi connectivity index (χ3n) is 1.33. The quantitative estimate of drug-likeness (QED) is 0.311. The van der Waals surface area contributed by atoms with E-state index in [0.29, 0.717) is 11.0 Å². The fourth-order valence-electron chi connectivity index (χ4n) is 0.853. The first-order valence-corrected chi connectivity index (χ1v) is 3.20. The lowest BCUT2D eigenvalue weighted by Crippen LogP contribution is -2.02. The van der Waals surface area contributed by atoms with Crippen LogP contribution in [0.25, 0.3) is 11.0 Å². The second-order valence-corrected chi connectivity index (χ2v) is 1.97. The number of nitrogens with two attached hydrogens (primary N) is 2. The molecular formula is C6H9N5O. The third-order valence-corrected chi connectivity index (χ3v) is 1.33. The number of benzene rings is 1. The number of fused-ring (bicyclic) bond motifs is 1. The summed E-state index contributed by atoms with van der Waals surface area (Å²) in [5.41, 5.74) is 1.20. The molecular weight excluding hydrogens is 158 g/mol. The summed E-state index contributed by atoms with van der Waals surface area (Å²) in [5, 5.41) is 19.1. The van der Waals surface area contributed by atoms with Crippen LogP contribution in [0.1, 0.15) is 0 Å². The van der Waals surface area contributed by atoms with Crippen molar-refractivity contribution in [3.8, 4) is 5.75 Å². The fourth-order valence-corrected chi connectivity index (χ4v) is 0.853. The Morgan fingerprint density at radius 1 is 1.25 bits per heavy atom. The number of hydrogen-bond donors (Lipinski definition) is 4. The Kier molecular flexibility index (Phi) is 2.57. The summed E-state index contributed by atoms with van der Waals surface area (Å²) >= 11 is 0. The molecule has 6 heteroatoms. The van der Waals surface area contributed by atoms with Gasteiger partial charge in [0.05, 0.1) is 0 Å². The van der Waals surface area contributed by atoms with Gasteiger partial charge in [0.1, 0.15) is 11.3 Å². The number of phenols is 1. The monoisotopic (exact) mass is 167 g/mol. The first-order chi connectivity index (χ1) is 5.88. The minimum Gasteiger partial charge on any atom is -0.506 e. The van der Waals surface area contributed by atoms with Gasteiger partial charge in [0.15, 0.2) is 5.52 Å². The Bertz CT molecular complexity index is 357. The van der Waals surface area contributed by atoms with E-state index in [1.165, 1.54) is 0 Å². The molecule has 0 spiro atoms. The van der Waals surface area contributed by atoms with E-state index >= 15 is 0 Å². The molecule has 0 fully saturated rings. The second-order valence-electron chi connectivity index (χ2n) is 1.97. The Balaban J connectivity index is 0.000000336. The van der Waals surface area contributed by atoms with Crippen LogP contribution in [0.15, 0.2) is 18.2 Å². The van der Waals surface area contributed by atoms with Gasteiger partial charge in [-0.1, -0.05) is 6.07 Å². The van der Waals surface area contributed by atoms with Crippen LogP contribution in [0, 0.1) is 0 Å². The first-order valence-electron chi connectivity index (χ1n) is 3.20. The van der Waals surface area contributed by atoms with Crippen molar-refractivity contribution in [2.24, 2.45) is 11.7 Å². The van der Waals surface area contributed by atoms with Crippen LogP contribution >= 0.6 is 0 Å². The lowest BCUT2D eigenvalue weighted by Gasteiger charge is -1.87. The highest BCUT2D eigenvalue weighted by Crippen LogP contribution is 2.18. The topological polar surface area (TPSA) is 114 Å². The molecule has 0 atom stereocenters. The molecule has 0 bridgehead atoms. The Morgan fingerprint density at radius 3 is 2.67 bits per heavy atom. The van der Waals surface area contributed by atoms with Crippen LogP contribution in [0.3, 0.4) is 0 Å². The lowest BCUT2D eigenvalue weighted by atomic mass is 10.3. The molecule has 1 aromatic carbocycles. The number of hydrogen-bond acceptors (Lipinski definition) is 5. The molecule has 0 saturated heterocycles. The average molecular weight is 167 g/mol. The number of nitrogens with one attached hydrogen (secondary N) is 1. The van der Waals surface area contributed by atoms with Gasteiger partial charge in [-0.25, -0.2) is 0 Å². The molecule has 0 unspecified atom stereocenters. The molecule has 6 N–H and O–H groups in total. The van der Waals surface area contributed by atoms with Crippen LogP contribution in [-0.2, 0) is 0 Å². The highest BCUT2D eigenvalue weighted by atomic mass is 16.3. The van der Waals surface area contributed by atoms with Gasteiger partial charge in [0.25, 0.3) is 0 Å². The minimum absolute atomic E-state index is 0.159. The van der Waals surface area contributed by atoms with Crippen molar-refractivity contribution < 1.29 is 5.11 Å². The highest BCUT2D eigenvalue weighted by molar-refractivity contribution is 5.79. The van der Waals surface area contributed by atoms with Gasteiger partial charge in [-0.15, -0.1) is 0 Å². The molecule has 6 nitrogen and oxygen atoms in total. The zero-order valence-corrected chi connectivity index (χ0v) is 6.23. The zero-order chi connectivity index (χ0) is 8.97. The van der Waals surface area contributed by atoms with Crippen molar-refractivity contribution in [2.75, 3.05) is 0 Å². The van der Waals surface area contributed by atoms with Crippen LogP contribution in [-0.4, -0.2) is 20.5 Å². The van der Waals surface area contributed by atoms with E-state index in [1.807, 2.05) is 0 Å². The molecule has 0 aliphatic heterocycles. The van der Waals surface area contributed by atoms with Gasteiger partial charge < -0.3 is 5.11 Å². The number of hydrazine groups is 1. The smallest absolute Gasteiger partial charge is 0.154 e. The van der Waals surface area contributed by atoms with Crippen molar-refractivity contribution in [1.82, 2.24) is 15.4 Å². The first kappa shape index (κ1) is 8.44. The summed E-state index contributed by atoms with van der Waals surface area (Å²) in [6.45, 7) is 0. The summed E-state index contributed by atoms with van der Waals surface area (Å²) in [4.78, 5) is 0. The van der Waals surface area contributed by atoms with Crippen molar-refractivity contribution in [1.29, 1.82) is 0 Å². The standard InChI is InChI=1S/C6H5N3O.H4N2/c10-5-3-1-2-4-6(5)8-9-7-4;1-2/h1-3,10H,(H,7,8,9);1-2H2. The molecule has 1 heterocycles. The SMILES string of the molecule is NN.Oc1cccc2n[nH]nc12. The van der Waals surface area contributed by atoms with Crippen LogP contribution in [0.4, 0.5) is 0 Å². The number of nitrogens with zero attached hydrogens (tertiary/aromatic N) is 2. The fraction of sp³-hybridized carbons (Fsp3) is 0. The summed E-state index contributed by atoms with van der Waals surface area (Å²) in [5.74, 6) is 8.16. The van der Waals surface area contributed by atoms with E-state index in [1.54, 1.807) is 18.2 Å². The van der Waals surface area contributed by atoms with Crippen molar-refractivity contribution >= 4 is 11.0 Å². The molecule has 2 rings (SSSR count). The maximum Gasteiger partial charge on any atom is 0.154 e. The number of H-pyrrole nitrogens is 1. The molecule has 0 aliphatic carbocycles. The predicted octanol–water partition coefficient (Wildman–Crippen LogP) is -0.518. The van der Waals surface area contributed by atoms with Crippen LogP contribution in [0.2, 0.25) is 0 Å². The van der Waals surface area contributed by atoms with Crippen molar-refractivity contribution in [3.05, 3.63) is 18.2 Å². The highest BCUT2D eigenvalue weighted by Gasteiger charge is 1.99. The second kappa shape index (κ2) is 3.65. The number of aromatic amines is 1. The lowest BCUT2D eigenvalue weighted by molar-refractivity contribution is 0.480. The number of aromatic nitrogens is 3. The van der Waals surface area contributed by atoms with Crippen molar-refractivity contribution in [3.63, 3.8) is 0 Å². The van der Waals surface area contributed by atoms with Gasteiger partial charge in [-0.3, -0.25) is 11.7 Å². The molecule has 0 saturated carbocycles. The predicted molar refractivity (Wildman–Crippen MR) is 43.9 cm³/mol. The third kappa shape index (κ3) is 1.34. The number of phenolic OH excluding ortho intramolecular Hbond substituents is 1. The summed E-state index contributed by atoms with van der Waals surface area (Å²) in [6, 6.07) is 5.07. The van der Waals surface area contributed by atoms with Crippen molar-refractivity contribution in [2.45, 2.75) is 0 Å². The zero-order valence-electron chi connectivity index (χ0n) is 6.23. The maximum absolute atomic E-state index is 9.14. The molecule has 64 valence electrons. The molecule has 0 radical (unpaired) electrons. The molecule has 0 amide bonds. The Morgan fingerprint density at radius 2 is 2.00 bits per heavy atom. The summed E-state index contributed by atoms with van der Waals surface area (Å²) in [7, 11) is 0. The van der Waals surface area contributed by atoms with E-state index in [4.69, 9.17) is 5.11 Å². The normalized spacial score (nSPS) is 9.17. The molecule has 0 aliphatic rings. The number of rotatable bonds is 0. The Labute approximate surface area is 68.1 Å². The average Bonchev–Trinajstić information content (AvgIpc) is 2.57. The summed E-state index contributed by atoms with van der Waals surface area (Å²) in [6.07, 6.45) is 0. The van der Waals surface area contributed by atoms with Gasteiger partial charge >= 0.3 is 0 Å². The van der Waals surface area contributed by atoms with Crippen LogP contribution < -0.4 is 11.7 Å². The number of para-hydroxylation sites is 1. The van der Waals surface area contributed by atoms with Gasteiger partial charge in [0.2, 0.25) is 0 Å². The summed E-state index contributed by atoms with van der Waals surface area (Å²) < 4.78 is 0. The maximum atomic E-state index is 9.14. The van der Waals surface area contributed by atoms with E-state index in [9.17, 15) is 0 Å².